The Morgan fingerprint density at radius 2 is 1.02 bits per heavy atom. The van der Waals surface area contributed by atoms with Crippen LogP contribution in [0.2, 0.25) is 0 Å². The quantitative estimate of drug-likeness (QED) is 0.0291. The number of carbonyl (C=O) groups excluding carboxylic acids is 2. The Morgan fingerprint density at radius 3 is 1.50 bits per heavy atom. The Balaban J connectivity index is 4.32. The van der Waals surface area contributed by atoms with Gasteiger partial charge in [0.25, 0.3) is 0 Å². The van der Waals surface area contributed by atoms with Crippen LogP contribution in [-0.4, -0.2) is 80.6 Å². The minimum atomic E-state index is -0.878. The van der Waals surface area contributed by atoms with Crippen molar-refractivity contribution in [3.05, 3.63) is 24.3 Å². The van der Waals surface area contributed by atoms with Gasteiger partial charge >= 0.3 is 17.9 Å². The molecule has 8 heteroatoms. The fourth-order valence-electron chi connectivity index (χ4n) is 6.24. The van der Waals surface area contributed by atoms with E-state index < -0.39 is 18.1 Å². The number of aliphatic carboxylic acids is 1. The molecule has 0 aliphatic carbocycles. The van der Waals surface area contributed by atoms with Gasteiger partial charge in [-0.25, -0.2) is 4.79 Å². The number of ether oxygens (including phenoxy) is 3. The number of rotatable bonds is 38. The second-order valence-electron chi connectivity index (χ2n) is 15.6. The molecule has 0 bridgehead atoms. The fourth-order valence-corrected chi connectivity index (χ4v) is 6.24. The van der Waals surface area contributed by atoms with Crippen molar-refractivity contribution in [3.8, 4) is 0 Å². The van der Waals surface area contributed by atoms with E-state index in [0.29, 0.717) is 19.3 Å². The van der Waals surface area contributed by atoms with Gasteiger partial charge in [-0.1, -0.05) is 160 Å². The number of carboxylic acids is 1. The lowest BCUT2D eigenvalue weighted by atomic mass is 10.0. The first-order valence-electron chi connectivity index (χ1n) is 21.4. The highest BCUT2D eigenvalue weighted by Crippen LogP contribution is 2.15. The minimum absolute atomic E-state index is 0.0538. The third-order valence-corrected chi connectivity index (χ3v) is 9.63. The van der Waals surface area contributed by atoms with E-state index in [1.54, 1.807) is 0 Å². The Bertz CT molecular complexity index is 911. The predicted molar refractivity (Wildman–Crippen MR) is 215 cm³/mol. The van der Waals surface area contributed by atoms with Crippen molar-refractivity contribution in [1.29, 1.82) is 0 Å². The van der Waals surface area contributed by atoms with Crippen LogP contribution in [0.4, 0.5) is 0 Å². The maximum Gasteiger partial charge on any atom is 0.362 e. The molecular weight excluding hydrogens is 654 g/mol. The van der Waals surface area contributed by atoms with E-state index in [0.717, 1.165) is 51.4 Å². The lowest BCUT2D eigenvalue weighted by molar-refractivity contribution is -0.887. The summed E-state index contributed by atoms with van der Waals surface area (Å²) in [5.41, 5.74) is 0. The van der Waals surface area contributed by atoms with E-state index in [4.69, 9.17) is 14.2 Å². The molecule has 0 spiro atoms. The molecule has 0 rings (SSSR count). The lowest BCUT2D eigenvalue weighted by Crippen LogP contribution is -2.50. The molecule has 0 aromatic rings. The van der Waals surface area contributed by atoms with Crippen molar-refractivity contribution in [2.75, 3.05) is 41.0 Å². The van der Waals surface area contributed by atoms with E-state index in [2.05, 4.69) is 38.2 Å². The van der Waals surface area contributed by atoms with Crippen molar-refractivity contribution in [3.63, 3.8) is 0 Å². The third-order valence-electron chi connectivity index (χ3n) is 9.63. The van der Waals surface area contributed by atoms with Crippen LogP contribution >= 0.6 is 0 Å². The van der Waals surface area contributed by atoms with Gasteiger partial charge in [0.15, 0.2) is 12.1 Å². The van der Waals surface area contributed by atoms with Crippen LogP contribution in [0.15, 0.2) is 24.3 Å². The lowest BCUT2D eigenvalue weighted by Gasteiger charge is -2.31. The molecule has 0 aliphatic heterocycles. The molecule has 0 amide bonds. The maximum absolute atomic E-state index is 12.6. The van der Waals surface area contributed by atoms with Crippen LogP contribution in [-0.2, 0) is 28.6 Å². The summed E-state index contributed by atoms with van der Waals surface area (Å²) in [4.78, 5) is 36.8. The molecule has 1 N–H and O–H groups in total. The minimum Gasteiger partial charge on any atom is -0.477 e. The summed E-state index contributed by atoms with van der Waals surface area (Å²) in [6, 6.07) is -0.615. The van der Waals surface area contributed by atoms with Crippen molar-refractivity contribution < 1.29 is 38.2 Å². The standard InChI is InChI=1S/C44H81NO7/c1-6-8-10-12-14-16-18-19-20-21-22-23-25-26-28-30-32-34-42(46)51-39-40(38-50-37-36-41(44(48)49)45(3,4)5)52-43(47)35-33-31-29-27-24-17-15-13-11-9-7-2/h13,15,17,24,40-41H,6-12,14,16,18-23,25-39H2,1-5H3/p+1/b15-13+,24-17+. The number of allylic oxidation sites excluding steroid dienone is 4. The van der Waals surface area contributed by atoms with Gasteiger partial charge in [-0.05, 0) is 32.1 Å². The number of hydrogen-bond donors (Lipinski definition) is 1. The van der Waals surface area contributed by atoms with E-state index in [1.165, 1.54) is 103 Å². The molecule has 0 radical (unpaired) electrons. The highest BCUT2D eigenvalue weighted by Gasteiger charge is 2.31. The summed E-state index contributed by atoms with van der Waals surface area (Å²) in [5.74, 6) is -1.50. The zero-order chi connectivity index (χ0) is 38.5. The van der Waals surface area contributed by atoms with Gasteiger partial charge < -0.3 is 23.8 Å². The summed E-state index contributed by atoms with van der Waals surface area (Å²) in [6.07, 6.45) is 37.9. The smallest absolute Gasteiger partial charge is 0.362 e. The number of quaternary nitrogens is 1. The molecule has 2 unspecified atom stereocenters. The van der Waals surface area contributed by atoms with E-state index >= 15 is 0 Å². The molecule has 0 aromatic carbocycles. The molecule has 0 saturated heterocycles. The van der Waals surface area contributed by atoms with E-state index in [9.17, 15) is 19.5 Å². The van der Waals surface area contributed by atoms with Crippen LogP contribution in [0.25, 0.3) is 0 Å². The number of esters is 2. The monoisotopic (exact) mass is 737 g/mol. The Labute approximate surface area is 320 Å². The first kappa shape index (κ1) is 49.8. The third kappa shape index (κ3) is 33.6. The van der Waals surface area contributed by atoms with Gasteiger partial charge in [0.1, 0.15) is 6.61 Å². The number of carboxylic acid groups (broad SMARTS) is 1. The first-order valence-corrected chi connectivity index (χ1v) is 21.4. The molecule has 52 heavy (non-hydrogen) atoms. The zero-order valence-electron chi connectivity index (χ0n) is 34.5. The average molecular weight is 737 g/mol. The van der Waals surface area contributed by atoms with Crippen LogP contribution < -0.4 is 0 Å². The van der Waals surface area contributed by atoms with Crippen molar-refractivity contribution in [1.82, 2.24) is 0 Å². The molecule has 0 saturated carbocycles. The molecule has 304 valence electrons. The first-order chi connectivity index (χ1) is 25.1. The zero-order valence-corrected chi connectivity index (χ0v) is 34.5. The maximum atomic E-state index is 12.6. The highest BCUT2D eigenvalue weighted by atomic mass is 16.6. The van der Waals surface area contributed by atoms with Gasteiger partial charge in [-0.15, -0.1) is 0 Å². The van der Waals surface area contributed by atoms with Crippen LogP contribution in [0, 0.1) is 0 Å². The Morgan fingerprint density at radius 1 is 0.577 bits per heavy atom. The molecule has 2 atom stereocenters. The molecule has 8 nitrogen and oxygen atoms in total. The van der Waals surface area contributed by atoms with Gasteiger partial charge in [0.2, 0.25) is 0 Å². The van der Waals surface area contributed by atoms with E-state index in [1.807, 2.05) is 21.1 Å². The number of nitrogens with zero attached hydrogens (tertiary/aromatic N) is 1. The van der Waals surface area contributed by atoms with Crippen LogP contribution in [0.1, 0.15) is 187 Å². The number of unbranched alkanes of at least 4 members (excludes halogenated alkanes) is 21. The summed E-state index contributed by atoms with van der Waals surface area (Å²) < 4.78 is 17.2. The summed E-state index contributed by atoms with van der Waals surface area (Å²) in [5, 5.41) is 9.60. The van der Waals surface area contributed by atoms with Crippen LogP contribution in [0.5, 0.6) is 0 Å². The summed E-state index contributed by atoms with van der Waals surface area (Å²) in [7, 11) is 5.51. The second-order valence-corrected chi connectivity index (χ2v) is 15.6. The van der Waals surface area contributed by atoms with Crippen LogP contribution in [0.3, 0.4) is 0 Å². The molecule has 0 fully saturated rings. The molecule has 0 heterocycles. The van der Waals surface area contributed by atoms with E-state index in [-0.39, 0.29) is 36.2 Å². The highest BCUT2D eigenvalue weighted by molar-refractivity contribution is 5.72. The van der Waals surface area contributed by atoms with Crippen molar-refractivity contribution in [2.24, 2.45) is 0 Å². The topological polar surface area (TPSA) is 99.1 Å². The average Bonchev–Trinajstić information content (AvgIpc) is 3.09. The second kappa shape index (κ2) is 35.8. The fraction of sp³-hybridized carbons (Fsp3) is 0.841. The van der Waals surface area contributed by atoms with Gasteiger partial charge in [-0.3, -0.25) is 9.59 Å². The predicted octanol–water partition coefficient (Wildman–Crippen LogP) is 11.3. The van der Waals surface area contributed by atoms with Gasteiger partial charge in [-0.2, -0.15) is 0 Å². The summed E-state index contributed by atoms with van der Waals surface area (Å²) >= 11 is 0. The SMILES string of the molecule is CCCC/C=C/C=C/CCCCCC(=O)OC(COCCC(C(=O)O)[N+](C)(C)C)COC(=O)CCCCCCCCCCCCCCCCCCC. The number of likely N-dealkylation sites (N-methyl/N-ethyl adjacent to an activating group) is 1. The largest absolute Gasteiger partial charge is 0.477 e. The Kier molecular flexibility index (Phi) is 34.3. The summed E-state index contributed by atoms with van der Waals surface area (Å²) in [6.45, 7) is 4.66. The Hall–Kier alpha value is -2.19. The number of hydrogen-bond acceptors (Lipinski definition) is 6. The van der Waals surface area contributed by atoms with Crippen molar-refractivity contribution in [2.45, 2.75) is 199 Å². The number of carbonyl (C=O) groups is 3. The van der Waals surface area contributed by atoms with Gasteiger partial charge in [0, 0.05) is 19.3 Å². The van der Waals surface area contributed by atoms with Crippen molar-refractivity contribution >= 4 is 17.9 Å². The molecule has 0 aliphatic rings. The molecule has 0 aromatic heterocycles. The van der Waals surface area contributed by atoms with Gasteiger partial charge in [0.05, 0.1) is 34.4 Å². The normalized spacial score (nSPS) is 13.2. The molecular formula is C44H82NO7+.